The van der Waals surface area contributed by atoms with Crippen LogP contribution in [0.25, 0.3) is 0 Å². The topological polar surface area (TPSA) is 87.7 Å². The zero-order valence-corrected chi connectivity index (χ0v) is 12.6. The van der Waals surface area contributed by atoms with Crippen LogP contribution in [0.4, 0.5) is 0 Å². The number of oxime groups is 1. The molecule has 1 aliphatic rings. The Morgan fingerprint density at radius 2 is 2.16 bits per heavy atom. The monoisotopic (exact) mass is 287 g/mol. The largest absolute Gasteiger partial charge is 0.409 e. The maximum absolute atomic E-state index is 12.2. The number of amides is 1. The van der Waals surface area contributed by atoms with Crippen molar-refractivity contribution in [3.63, 3.8) is 0 Å². The Morgan fingerprint density at radius 3 is 2.68 bits per heavy atom. The highest BCUT2D eigenvalue weighted by atomic mass is 32.2. The van der Waals surface area contributed by atoms with Gasteiger partial charge in [0, 0.05) is 6.54 Å². The molecule has 0 atom stereocenters. The van der Waals surface area contributed by atoms with Crippen molar-refractivity contribution in [2.45, 2.75) is 39.0 Å². The van der Waals surface area contributed by atoms with E-state index in [0.717, 1.165) is 12.8 Å². The Balaban J connectivity index is 2.34. The van der Waals surface area contributed by atoms with Crippen molar-refractivity contribution in [3.05, 3.63) is 0 Å². The molecule has 0 radical (unpaired) electrons. The van der Waals surface area contributed by atoms with E-state index in [9.17, 15) is 4.79 Å². The molecule has 0 aromatic heterocycles. The summed E-state index contributed by atoms with van der Waals surface area (Å²) in [7, 11) is 0. The maximum Gasteiger partial charge on any atom is 0.233 e. The third kappa shape index (κ3) is 4.03. The van der Waals surface area contributed by atoms with E-state index < -0.39 is 5.41 Å². The van der Waals surface area contributed by atoms with Crippen LogP contribution >= 0.6 is 11.8 Å². The van der Waals surface area contributed by atoms with Crippen LogP contribution in [0, 0.1) is 11.3 Å². The van der Waals surface area contributed by atoms with E-state index in [0.29, 0.717) is 25.3 Å². The quantitative estimate of drug-likeness (QED) is 0.209. The van der Waals surface area contributed by atoms with Gasteiger partial charge in [0.25, 0.3) is 0 Å². The molecule has 1 amide bonds. The molecular weight excluding hydrogens is 262 g/mol. The van der Waals surface area contributed by atoms with Crippen LogP contribution < -0.4 is 11.1 Å². The molecule has 0 aromatic rings. The lowest BCUT2D eigenvalue weighted by Gasteiger charge is -2.43. The molecular formula is C13H25N3O2S. The Morgan fingerprint density at radius 1 is 1.47 bits per heavy atom. The van der Waals surface area contributed by atoms with Gasteiger partial charge in [-0.3, -0.25) is 4.79 Å². The number of unbranched alkanes of at least 4 members (excludes halogenated alkanes) is 2. The minimum atomic E-state index is -0.770. The van der Waals surface area contributed by atoms with Gasteiger partial charge in [0.05, 0.1) is 0 Å². The Bertz CT molecular complexity index is 328. The number of nitrogens with zero attached hydrogens (tertiary/aromatic N) is 1. The van der Waals surface area contributed by atoms with Gasteiger partial charge < -0.3 is 16.3 Å². The van der Waals surface area contributed by atoms with E-state index in [1.54, 1.807) is 0 Å². The molecule has 5 nitrogen and oxygen atoms in total. The summed E-state index contributed by atoms with van der Waals surface area (Å²) in [5, 5.41) is 14.8. The summed E-state index contributed by atoms with van der Waals surface area (Å²) >= 11 is 1.84. The lowest BCUT2D eigenvalue weighted by molar-refractivity contribution is -0.133. The summed E-state index contributed by atoms with van der Waals surface area (Å²) in [4.78, 5) is 12.2. The summed E-state index contributed by atoms with van der Waals surface area (Å²) in [6.45, 7) is 2.74. The van der Waals surface area contributed by atoms with Crippen LogP contribution in [0.1, 0.15) is 39.0 Å². The molecule has 0 spiro atoms. The highest BCUT2D eigenvalue weighted by Gasteiger charge is 2.51. The molecule has 1 saturated carbocycles. The normalized spacial score (nSPS) is 26.8. The number of thioether (sulfide) groups is 1. The number of nitrogens with one attached hydrogen (secondary N) is 1. The zero-order chi connectivity index (χ0) is 14.3. The minimum Gasteiger partial charge on any atom is -0.409 e. The Kier molecular flexibility index (Phi) is 6.48. The van der Waals surface area contributed by atoms with Gasteiger partial charge >= 0.3 is 0 Å². The van der Waals surface area contributed by atoms with Crippen LogP contribution in [0.3, 0.4) is 0 Å². The molecule has 110 valence electrons. The van der Waals surface area contributed by atoms with Gasteiger partial charge in [-0.15, -0.1) is 0 Å². The average molecular weight is 287 g/mol. The number of hydrogen-bond acceptors (Lipinski definition) is 4. The first-order valence-corrected chi connectivity index (χ1v) is 8.21. The van der Waals surface area contributed by atoms with Gasteiger partial charge in [-0.1, -0.05) is 18.5 Å². The third-order valence-electron chi connectivity index (χ3n) is 3.74. The van der Waals surface area contributed by atoms with Gasteiger partial charge in [0.2, 0.25) is 5.91 Å². The Hall–Kier alpha value is -0.910. The number of amidine groups is 1. The van der Waals surface area contributed by atoms with Gasteiger partial charge in [0.1, 0.15) is 5.41 Å². The number of carbonyl (C=O) groups is 1. The van der Waals surface area contributed by atoms with Crippen LogP contribution in [-0.4, -0.2) is 35.5 Å². The molecule has 0 saturated heterocycles. The van der Waals surface area contributed by atoms with Crippen molar-refractivity contribution in [3.8, 4) is 0 Å². The van der Waals surface area contributed by atoms with Crippen molar-refractivity contribution in [1.82, 2.24) is 5.32 Å². The standard InChI is InChI=1S/C13H25N3O2S/c1-10-8-13(9-10,11(14)16-18)12(17)15-6-4-3-5-7-19-2/h10,18H,3-9H2,1-2H3,(H2,14,16)(H,15,17). The number of rotatable bonds is 8. The van der Waals surface area contributed by atoms with E-state index in [1.807, 2.05) is 11.8 Å². The molecule has 0 aliphatic heterocycles. The number of carbonyl (C=O) groups excluding carboxylic acids is 1. The zero-order valence-electron chi connectivity index (χ0n) is 11.8. The molecule has 1 fully saturated rings. The molecule has 0 bridgehead atoms. The van der Waals surface area contributed by atoms with Crippen molar-refractivity contribution in [2.75, 3.05) is 18.6 Å². The van der Waals surface area contributed by atoms with Crippen molar-refractivity contribution in [2.24, 2.45) is 22.2 Å². The number of nitrogens with two attached hydrogens (primary N) is 1. The van der Waals surface area contributed by atoms with Crippen molar-refractivity contribution in [1.29, 1.82) is 0 Å². The van der Waals surface area contributed by atoms with E-state index in [4.69, 9.17) is 10.9 Å². The fourth-order valence-electron chi connectivity index (χ4n) is 2.66. The van der Waals surface area contributed by atoms with Crippen LogP contribution in [0.5, 0.6) is 0 Å². The predicted octanol–water partition coefficient (Wildman–Crippen LogP) is 1.80. The lowest BCUT2D eigenvalue weighted by atomic mass is 9.61. The second-order valence-corrected chi connectivity index (χ2v) is 6.38. The molecule has 1 aliphatic carbocycles. The summed E-state index contributed by atoms with van der Waals surface area (Å²) in [6.07, 6.45) is 6.71. The van der Waals surface area contributed by atoms with Crippen molar-refractivity contribution < 1.29 is 10.0 Å². The predicted molar refractivity (Wildman–Crippen MR) is 79.5 cm³/mol. The molecule has 0 aromatic carbocycles. The first kappa shape index (κ1) is 16.1. The SMILES string of the molecule is CSCCCCCNC(=O)C1(C(N)=NO)CC(C)C1. The summed E-state index contributed by atoms with van der Waals surface area (Å²) < 4.78 is 0. The lowest BCUT2D eigenvalue weighted by Crippen LogP contribution is -2.56. The second kappa shape index (κ2) is 7.62. The van der Waals surface area contributed by atoms with E-state index in [2.05, 4.69) is 23.7 Å². The molecule has 6 heteroatoms. The fourth-order valence-corrected chi connectivity index (χ4v) is 3.15. The van der Waals surface area contributed by atoms with Gasteiger partial charge in [0.15, 0.2) is 5.84 Å². The second-order valence-electron chi connectivity index (χ2n) is 5.39. The Labute approximate surface area is 119 Å². The fraction of sp³-hybridized carbons (Fsp3) is 0.846. The molecule has 0 unspecified atom stereocenters. The average Bonchev–Trinajstić information content (AvgIpc) is 2.37. The molecule has 1 rings (SSSR count). The van der Waals surface area contributed by atoms with Crippen molar-refractivity contribution >= 4 is 23.5 Å². The smallest absolute Gasteiger partial charge is 0.233 e. The third-order valence-corrected chi connectivity index (χ3v) is 4.43. The molecule has 0 heterocycles. The van der Waals surface area contributed by atoms with Gasteiger partial charge in [-0.05, 0) is 43.6 Å². The van der Waals surface area contributed by atoms with Gasteiger partial charge in [-0.25, -0.2) is 0 Å². The number of hydrogen-bond donors (Lipinski definition) is 3. The summed E-state index contributed by atoms with van der Waals surface area (Å²) in [5.74, 6) is 1.57. The summed E-state index contributed by atoms with van der Waals surface area (Å²) in [6, 6.07) is 0. The molecule has 19 heavy (non-hydrogen) atoms. The minimum absolute atomic E-state index is 0.0467. The van der Waals surface area contributed by atoms with Crippen LogP contribution in [0.15, 0.2) is 5.16 Å². The summed E-state index contributed by atoms with van der Waals surface area (Å²) in [5.41, 5.74) is 4.91. The van der Waals surface area contributed by atoms with Crippen LogP contribution in [0.2, 0.25) is 0 Å². The highest BCUT2D eigenvalue weighted by molar-refractivity contribution is 7.98. The van der Waals surface area contributed by atoms with E-state index >= 15 is 0 Å². The highest BCUT2D eigenvalue weighted by Crippen LogP contribution is 2.45. The first-order valence-electron chi connectivity index (χ1n) is 6.82. The first-order chi connectivity index (χ1) is 9.06. The maximum atomic E-state index is 12.2. The van der Waals surface area contributed by atoms with E-state index in [-0.39, 0.29) is 11.7 Å². The van der Waals surface area contributed by atoms with Crippen LogP contribution in [-0.2, 0) is 4.79 Å². The van der Waals surface area contributed by atoms with E-state index in [1.165, 1.54) is 12.2 Å². The van der Waals surface area contributed by atoms with Gasteiger partial charge in [-0.2, -0.15) is 11.8 Å². The molecule has 4 N–H and O–H groups in total.